The van der Waals surface area contributed by atoms with Crippen molar-refractivity contribution in [3.05, 3.63) is 100 Å². The summed E-state index contributed by atoms with van der Waals surface area (Å²) >= 11 is 3.53. The van der Waals surface area contributed by atoms with Gasteiger partial charge in [0.25, 0.3) is 0 Å². The van der Waals surface area contributed by atoms with Crippen LogP contribution in [0.15, 0.2) is 83.3 Å². The Kier molecular flexibility index (Phi) is 9.32. The second-order valence-electron chi connectivity index (χ2n) is 7.23. The third-order valence-electron chi connectivity index (χ3n) is 4.78. The molecular formula is C26H26BrNO5. The molecule has 0 radical (unpaired) electrons. The van der Waals surface area contributed by atoms with Crippen molar-refractivity contribution in [3.63, 3.8) is 0 Å². The summed E-state index contributed by atoms with van der Waals surface area (Å²) in [5, 5.41) is 2.77. The molecule has 0 spiro atoms. The van der Waals surface area contributed by atoms with Crippen LogP contribution in [-0.4, -0.2) is 18.7 Å². The number of hydrogen-bond acceptors (Lipinski definition) is 5. The van der Waals surface area contributed by atoms with E-state index in [2.05, 4.69) is 21.2 Å². The summed E-state index contributed by atoms with van der Waals surface area (Å²) in [6, 6.07) is 24.0. The van der Waals surface area contributed by atoms with Crippen LogP contribution in [0, 0.1) is 0 Å². The summed E-state index contributed by atoms with van der Waals surface area (Å²) in [5.74, 6) is 0.246. The first kappa shape index (κ1) is 24.3. The summed E-state index contributed by atoms with van der Waals surface area (Å²) in [4.78, 5) is 24.6. The van der Waals surface area contributed by atoms with Gasteiger partial charge in [-0.15, -0.1) is 0 Å². The normalized spacial score (nSPS) is 11.3. The Morgan fingerprint density at radius 3 is 2.12 bits per heavy atom. The van der Waals surface area contributed by atoms with Crippen molar-refractivity contribution in [2.45, 2.75) is 32.6 Å². The molecule has 1 amide bonds. The molecule has 33 heavy (non-hydrogen) atoms. The molecular weight excluding hydrogens is 486 g/mol. The van der Waals surface area contributed by atoms with Crippen molar-refractivity contribution < 1.29 is 23.8 Å². The van der Waals surface area contributed by atoms with Crippen LogP contribution in [0.5, 0.6) is 5.75 Å². The molecule has 6 nitrogen and oxygen atoms in total. The smallest absolute Gasteiger partial charge is 0.407 e. The van der Waals surface area contributed by atoms with E-state index in [9.17, 15) is 9.59 Å². The first-order valence-corrected chi connectivity index (χ1v) is 11.4. The molecule has 0 saturated heterocycles. The van der Waals surface area contributed by atoms with Gasteiger partial charge in [0.2, 0.25) is 0 Å². The van der Waals surface area contributed by atoms with Crippen molar-refractivity contribution in [1.29, 1.82) is 0 Å². The third-order valence-corrected chi connectivity index (χ3v) is 5.40. The standard InChI is InChI=1S/C26H26BrNO5/c1-2-31-25(29)16-23(28-26(30)33-18-20-11-7-4-8-12-20)21-13-14-24(22(27)15-21)32-17-19-9-5-3-6-10-19/h3-15,23H,2,16-18H2,1H3,(H,28,30). The van der Waals surface area contributed by atoms with E-state index >= 15 is 0 Å². The van der Waals surface area contributed by atoms with Crippen LogP contribution in [0.3, 0.4) is 0 Å². The summed E-state index contributed by atoms with van der Waals surface area (Å²) < 4.78 is 17.0. The van der Waals surface area contributed by atoms with Crippen LogP contribution in [0.25, 0.3) is 0 Å². The lowest BCUT2D eigenvalue weighted by Gasteiger charge is -2.19. The molecule has 0 aliphatic carbocycles. The van der Waals surface area contributed by atoms with E-state index in [0.29, 0.717) is 16.8 Å². The average molecular weight is 512 g/mol. The quantitative estimate of drug-likeness (QED) is 0.340. The van der Waals surface area contributed by atoms with Crippen LogP contribution in [0.4, 0.5) is 4.79 Å². The van der Waals surface area contributed by atoms with E-state index in [1.54, 1.807) is 13.0 Å². The zero-order chi connectivity index (χ0) is 23.5. The van der Waals surface area contributed by atoms with Crippen LogP contribution in [0.2, 0.25) is 0 Å². The van der Waals surface area contributed by atoms with E-state index in [0.717, 1.165) is 16.7 Å². The number of benzene rings is 3. The fourth-order valence-corrected chi connectivity index (χ4v) is 3.64. The Balaban J connectivity index is 1.67. The SMILES string of the molecule is CCOC(=O)CC(NC(=O)OCc1ccccc1)c1ccc(OCc2ccccc2)c(Br)c1. The van der Waals surface area contributed by atoms with Gasteiger partial charge in [0.1, 0.15) is 19.0 Å². The molecule has 0 aliphatic rings. The predicted molar refractivity (Wildman–Crippen MR) is 129 cm³/mol. The average Bonchev–Trinajstić information content (AvgIpc) is 2.83. The van der Waals surface area contributed by atoms with Crippen molar-refractivity contribution >= 4 is 28.0 Å². The van der Waals surface area contributed by atoms with Gasteiger partial charge in [0.05, 0.1) is 23.5 Å². The molecule has 0 heterocycles. The Hall–Kier alpha value is -3.32. The highest BCUT2D eigenvalue weighted by Gasteiger charge is 2.21. The molecule has 3 aromatic carbocycles. The zero-order valence-electron chi connectivity index (χ0n) is 18.3. The summed E-state index contributed by atoms with van der Waals surface area (Å²) in [5.41, 5.74) is 2.65. The number of hydrogen-bond donors (Lipinski definition) is 1. The number of amides is 1. The Morgan fingerprint density at radius 1 is 0.879 bits per heavy atom. The monoisotopic (exact) mass is 511 g/mol. The maximum Gasteiger partial charge on any atom is 0.407 e. The number of ether oxygens (including phenoxy) is 3. The number of carbonyl (C=O) groups is 2. The van der Waals surface area contributed by atoms with E-state index in [1.807, 2.05) is 72.8 Å². The second-order valence-corrected chi connectivity index (χ2v) is 8.09. The van der Waals surface area contributed by atoms with Gasteiger partial charge in [-0.1, -0.05) is 66.7 Å². The Labute approximate surface area is 202 Å². The molecule has 3 rings (SSSR count). The first-order chi connectivity index (χ1) is 16.0. The molecule has 0 bridgehead atoms. The minimum Gasteiger partial charge on any atom is -0.488 e. The number of alkyl carbamates (subject to hydrolysis) is 1. The molecule has 1 N–H and O–H groups in total. The van der Waals surface area contributed by atoms with Crippen LogP contribution < -0.4 is 10.1 Å². The van der Waals surface area contributed by atoms with Gasteiger partial charge in [-0.25, -0.2) is 4.79 Å². The lowest BCUT2D eigenvalue weighted by atomic mass is 10.0. The van der Waals surface area contributed by atoms with Crippen LogP contribution in [-0.2, 0) is 27.5 Å². The largest absolute Gasteiger partial charge is 0.488 e. The first-order valence-electron chi connectivity index (χ1n) is 10.6. The lowest BCUT2D eigenvalue weighted by molar-refractivity contribution is -0.143. The molecule has 1 atom stereocenters. The van der Waals surface area contributed by atoms with Crippen LogP contribution in [0.1, 0.15) is 36.1 Å². The van der Waals surface area contributed by atoms with Crippen molar-refractivity contribution in [2.24, 2.45) is 0 Å². The van der Waals surface area contributed by atoms with Crippen LogP contribution >= 0.6 is 15.9 Å². The molecule has 172 valence electrons. The minimum absolute atomic E-state index is 0.0229. The maximum atomic E-state index is 12.4. The molecule has 0 aromatic heterocycles. The van der Waals surface area contributed by atoms with Gasteiger partial charge >= 0.3 is 12.1 Å². The molecule has 0 saturated carbocycles. The lowest BCUT2D eigenvalue weighted by Crippen LogP contribution is -2.31. The van der Waals surface area contributed by atoms with Gasteiger partial charge < -0.3 is 19.5 Å². The molecule has 1 unspecified atom stereocenters. The van der Waals surface area contributed by atoms with E-state index in [1.165, 1.54) is 0 Å². The summed E-state index contributed by atoms with van der Waals surface area (Å²) in [6.45, 7) is 2.56. The van der Waals surface area contributed by atoms with Crippen molar-refractivity contribution in [2.75, 3.05) is 6.61 Å². The molecule has 3 aromatic rings. The van der Waals surface area contributed by atoms with Gasteiger partial charge in [-0.3, -0.25) is 4.79 Å². The Morgan fingerprint density at radius 2 is 1.52 bits per heavy atom. The highest BCUT2D eigenvalue weighted by Crippen LogP contribution is 2.30. The molecule has 0 aliphatic heterocycles. The molecule has 0 fully saturated rings. The van der Waals surface area contributed by atoms with E-state index in [-0.39, 0.29) is 19.6 Å². The number of rotatable bonds is 10. The topological polar surface area (TPSA) is 73.9 Å². The fraction of sp³-hybridized carbons (Fsp3) is 0.231. The number of halogens is 1. The fourth-order valence-electron chi connectivity index (χ4n) is 3.13. The van der Waals surface area contributed by atoms with Crippen molar-refractivity contribution in [3.8, 4) is 5.75 Å². The maximum absolute atomic E-state index is 12.4. The Bertz CT molecular complexity index is 1040. The second kappa shape index (κ2) is 12.6. The third kappa shape index (κ3) is 7.95. The molecule has 7 heteroatoms. The van der Waals surface area contributed by atoms with Gasteiger partial charge in [-0.2, -0.15) is 0 Å². The number of nitrogens with one attached hydrogen (secondary N) is 1. The van der Waals surface area contributed by atoms with Gasteiger partial charge in [-0.05, 0) is 51.7 Å². The van der Waals surface area contributed by atoms with E-state index in [4.69, 9.17) is 14.2 Å². The van der Waals surface area contributed by atoms with E-state index < -0.39 is 18.1 Å². The summed E-state index contributed by atoms with van der Waals surface area (Å²) in [6.07, 6.45) is -0.640. The minimum atomic E-state index is -0.619. The van der Waals surface area contributed by atoms with Crippen molar-refractivity contribution in [1.82, 2.24) is 5.32 Å². The highest BCUT2D eigenvalue weighted by atomic mass is 79.9. The summed E-state index contributed by atoms with van der Waals surface area (Å²) in [7, 11) is 0. The highest BCUT2D eigenvalue weighted by molar-refractivity contribution is 9.10. The zero-order valence-corrected chi connectivity index (χ0v) is 19.9. The van der Waals surface area contributed by atoms with Gasteiger partial charge in [0, 0.05) is 0 Å². The van der Waals surface area contributed by atoms with Gasteiger partial charge in [0.15, 0.2) is 0 Å². The predicted octanol–water partition coefficient (Wildman–Crippen LogP) is 5.95. The number of esters is 1. The number of carbonyl (C=O) groups excluding carboxylic acids is 2.